The Morgan fingerprint density at radius 2 is 2.11 bits per heavy atom. The third kappa shape index (κ3) is 2.79. The zero-order valence-corrected chi connectivity index (χ0v) is 11.1. The molecule has 0 aromatic carbocycles. The van der Waals surface area contributed by atoms with Gasteiger partial charge in [0.05, 0.1) is 12.5 Å². The van der Waals surface area contributed by atoms with Crippen molar-refractivity contribution < 1.29 is 0 Å². The van der Waals surface area contributed by atoms with Crippen molar-refractivity contribution >= 4 is 5.95 Å². The van der Waals surface area contributed by atoms with Crippen LogP contribution in [0.25, 0.3) is 0 Å². The predicted molar refractivity (Wildman–Crippen MR) is 71.3 cm³/mol. The summed E-state index contributed by atoms with van der Waals surface area (Å²) < 4.78 is 0. The Labute approximate surface area is 109 Å². The van der Waals surface area contributed by atoms with Crippen LogP contribution in [0, 0.1) is 11.3 Å². The van der Waals surface area contributed by atoms with Gasteiger partial charge >= 0.3 is 0 Å². The van der Waals surface area contributed by atoms with Gasteiger partial charge in [0.2, 0.25) is 5.95 Å². The van der Waals surface area contributed by atoms with Gasteiger partial charge in [-0.1, -0.05) is 13.8 Å². The minimum Gasteiger partial charge on any atom is -0.337 e. The second kappa shape index (κ2) is 5.81. The summed E-state index contributed by atoms with van der Waals surface area (Å²) in [5.74, 6) is 1.23. The van der Waals surface area contributed by atoms with Gasteiger partial charge in [-0.05, 0) is 30.7 Å². The fourth-order valence-electron chi connectivity index (χ4n) is 2.36. The average molecular weight is 244 g/mol. The van der Waals surface area contributed by atoms with Gasteiger partial charge in [-0.25, -0.2) is 9.97 Å². The molecule has 1 atom stereocenters. The van der Waals surface area contributed by atoms with Crippen LogP contribution < -0.4 is 4.90 Å². The fraction of sp³-hybridized carbons (Fsp3) is 0.643. The Kier molecular flexibility index (Phi) is 4.14. The van der Waals surface area contributed by atoms with Gasteiger partial charge in [0.15, 0.2) is 0 Å². The number of aromatic nitrogens is 2. The molecule has 1 aromatic rings. The quantitative estimate of drug-likeness (QED) is 0.820. The van der Waals surface area contributed by atoms with E-state index in [-0.39, 0.29) is 6.04 Å². The number of nitriles is 1. The van der Waals surface area contributed by atoms with Crippen LogP contribution in [0.5, 0.6) is 0 Å². The summed E-state index contributed by atoms with van der Waals surface area (Å²) >= 11 is 0. The van der Waals surface area contributed by atoms with Crippen LogP contribution in [0.2, 0.25) is 0 Å². The van der Waals surface area contributed by atoms with E-state index in [2.05, 4.69) is 34.8 Å². The van der Waals surface area contributed by atoms with Gasteiger partial charge < -0.3 is 4.90 Å². The summed E-state index contributed by atoms with van der Waals surface area (Å²) in [6.45, 7) is 5.24. The number of anilines is 1. The molecule has 0 spiro atoms. The summed E-state index contributed by atoms with van der Waals surface area (Å²) in [5.41, 5.74) is 1.16. The molecule has 2 heterocycles. The molecule has 0 radical (unpaired) electrons. The number of piperidine rings is 1. The molecule has 1 fully saturated rings. The highest BCUT2D eigenvalue weighted by Crippen LogP contribution is 2.24. The second-order valence-corrected chi connectivity index (χ2v) is 5.18. The maximum absolute atomic E-state index is 8.88. The maximum Gasteiger partial charge on any atom is 0.225 e. The zero-order valence-electron chi connectivity index (χ0n) is 11.1. The third-order valence-corrected chi connectivity index (χ3v) is 3.54. The summed E-state index contributed by atoms with van der Waals surface area (Å²) in [5, 5.41) is 8.88. The van der Waals surface area contributed by atoms with Gasteiger partial charge in [0.25, 0.3) is 0 Å². The molecule has 1 unspecified atom stereocenters. The van der Waals surface area contributed by atoms with Crippen LogP contribution in [0.3, 0.4) is 0 Å². The van der Waals surface area contributed by atoms with Crippen molar-refractivity contribution in [2.45, 2.75) is 51.5 Å². The third-order valence-electron chi connectivity index (χ3n) is 3.54. The van der Waals surface area contributed by atoms with E-state index >= 15 is 0 Å². The largest absolute Gasteiger partial charge is 0.337 e. The van der Waals surface area contributed by atoms with Crippen molar-refractivity contribution in [3.63, 3.8) is 0 Å². The zero-order chi connectivity index (χ0) is 13.0. The molecule has 0 aliphatic carbocycles. The first kappa shape index (κ1) is 12.8. The molecule has 18 heavy (non-hydrogen) atoms. The van der Waals surface area contributed by atoms with E-state index in [9.17, 15) is 0 Å². The van der Waals surface area contributed by atoms with E-state index in [1.165, 1.54) is 6.42 Å². The maximum atomic E-state index is 8.88. The lowest BCUT2D eigenvalue weighted by atomic mass is 10.0. The van der Waals surface area contributed by atoms with E-state index in [0.29, 0.717) is 12.3 Å². The molecule has 1 aromatic heterocycles. The number of rotatable bonds is 3. The monoisotopic (exact) mass is 244 g/mol. The highest BCUT2D eigenvalue weighted by molar-refractivity contribution is 5.33. The van der Waals surface area contributed by atoms with Crippen LogP contribution >= 0.6 is 0 Å². The van der Waals surface area contributed by atoms with Crippen molar-refractivity contribution in [3.8, 4) is 6.07 Å². The lowest BCUT2D eigenvalue weighted by molar-refractivity contribution is 0.457. The van der Waals surface area contributed by atoms with Gasteiger partial charge in [0.1, 0.15) is 0 Å². The second-order valence-electron chi connectivity index (χ2n) is 5.18. The molecule has 4 heteroatoms. The lowest BCUT2D eigenvalue weighted by Gasteiger charge is -2.34. The van der Waals surface area contributed by atoms with Crippen LogP contribution in [-0.2, 0) is 0 Å². The molecule has 0 amide bonds. The highest BCUT2D eigenvalue weighted by Gasteiger charge is 2.24. The summed E-state index contributed by atoms with van der Waals surface area (Å²) in [6, 6.07) is 2.56. The fourth-order valence-corrected chi connectivity index (χ4v) is 2.36. The normalized spacial score (nSPS) is 19.9. The molecule has 1 aliphatic heterocycles. The van der Waals surface area contributed by atoms with Gasteiger partial charge in [-0.15, -0.1) is 0 Å². The smallest absolute Gasteiger partial charge is 0.225 e. The van der Waals surface area contributed by atoms with Crippen LogP contribution in [0.1, 0.15) is 51.0 Å². The molecule has 2 rings (SSSR count). The molecular formula is C14H20N4. The van der Waals surface area contributed by atoms with Crippen molar-refractivity contribution in [1.29, 1.82) is 5.26 Å². The molecule has 1 saturated heterocycles. The first-order valence-corrected chi connectivity index (χ1v) is 6.68. The molecule has 4 nitrogen and oxygen atoms in total. The predicted octanol–water partition coefficient (Wildman–Crippen LogP) is 2.87. The molecule has 96 valence electrons. The molecular weight excluding hydrogens is 224 g/mol. The van der Waals surface area contributed by atoms with Gasteiger partial charge in [-0.2, -0.15) is 5.26 Å². The van der Waals surface area contributed by atoms with Gasteiger partial charge in [0, 0.05) is 25.0 Å². The van der Waals surface area contributed by atoms with Crippen molar-refractivity contribution in [3.05, 3.63) is 18.0 Å². The van der Waals surface area contributed by atoms with Crippen LogP contribution in [-0.4, -0.2) is 22.6 Å². The Morgan fingerprint density at radius 1 is 1.39 bits per heavy atom. The number of hydrogen-bond acceptors (Lipinski definition) is 4. The first-order chi connectivity index (χ1) is 8.72. The Balaban J connectivity index is 2.15. The van der Waals surface area contributed by atoms with E-state index in [1.54, 1.807) is 0 Å². The Bertz CT molecular complexity index is 418. The van der Waals surface area contributed by atoms with Gasteiger partial charge in [-0.3, -0.25) is 0 Å². The standard InChI is InChI=1S/C14H20N4/c1-11(2)12-9-16-14(17-10-12)18-8-4-3-5-13(18)6-7-15/h9-11,13H,3-6,8H2,1-2H3. The molecule has 0 bridgehead atoms. The molecule has 0 saturated carbocycles. The van der Waals surface area contributed by atoms with Crippen LogP contribution in [0.4, 0.5) is 5.95 Å². The Hall–Kier alpha value is -1.63. The highest BCUT2D eigenvalue weighted by atomic mass is 15.3. The summed E-state index contributed by atoms with van der Waals surface area (Å²) in [6.07, 6.45) is 7.82. The number of hydrogen-bond donors (Lipinski definition) is 0. The van der Waals surface area contributed by atoms with E-state index in [4.69, 9.17) is 5.26 Å². The van der Waals surface area contributed by atoms with E-state index < -0.39 is 0 Å². The van der Waals surface area contributed by atoms with E-state index in [0.717, 1.165) is 30.9 Å². The van der Waals surface area contributed by atoms with Crippen molar-refractivity contribution in [1.82, 2.24) is 9.97 Å². The molecule has 1 aliphatic rings. The SMILES string of the molecule is CC(C)c1cnc(N2CCCCC2CC#N)nc1. The van der Waals surface area contributed by atoms with Crippen molar-refractivity contribution in [2.24, 2.45) is 0 Å². The molecule has 0 N–H and O–H groups in total. The summed E-state index contributed by atoms with van der Waals surface area (Å²) in [4.78, 5) is 11.1. The topological polar surface area (TPSA) is 52.8 Å². The lowest BCUT2D eigenvalue weighted by Crippen LogP contribution is -2.40. The van der Waals surface area contributed by atoms with Crippen LogP contribution in [0.15, 0.2) is 12.4 Å². The van der Waals surface area contributed by atoms with Crippen molar-refractivity contribution in [2.75, 3.05) is 11.4 Å². The minimum absolute atomic E-state index is 0.286. The first-order valence-electron chi connectivity index (χ1n) is 6.68. The Morgan fingerprint density at radius 3 is 2.72 bits per heavy atom. The minimum atomic E-state index is 0.286. The summed E-state index contributed by atoms with van der Waals surface area (Å²) in [7, 11) is 0. The average Bonchev–Trinajstić information content (AvgIpc) is 2.40. The number of nitrogens with zero attached hydrogens (tertiary/aromatic N) is 4. The van der Waals surface area contributed by atoms with E-state index in [1.807, 2.05) is 12.4 Å².